The van der Waals surface area contributed by atoms with Crippen molar-refractivity contribution in [2.75, 3.05) is 26.2 Å². The van der Waals surface area contributed by atoms with Crippen LogP contribution in [-0.4, -0.2) is 49.8 Å². The van der Waals surface area contributed by atoms with Gasteiger partial charge < -0.3 is 19.3 Å². The van der Waals surface area contributed by atoms with Crippen molar-refractivity contribution in [3.63, 3.8) is 0 Å². The summed E-state index contributed by atoms with van der Waals surface area (Å²) in [5.74, 6) is -2.12. The van der Waals surface area contributed by atoms with Crippen molar-refractivity contribution in [1.29, 1.82) is 0 Å². The molecule has 0 saturated carbocycles. The van der Waals surface area contributed by atoms with Gasteiger partial charge in [0.25, 0.3) is 0 Å². The average Bonchev–Trinajstić information content (AvgIpc) is 3.38. The topological polar surface area (TPSA) is 119 Å². The monoisotopic (exact) mass is 721 g/mol. The Morgan fingerprint density at radius 2 is 1.59 bits per heavy atom. The largest absolute Gasteiger partial charge is 0.504 e. The lowest BCUT2D eigenvalue weighted by Gasteiger charge is -2.42. The van der Waals surface area contributed by atoms with E-state index in [0.29, 0.717) is 40.3 Å². The summed E-state index contributed by atoms with van der Waals surface area (Å²) >= 11 is 3.26. The van der Waals surface area contributed by atoms with E-state index in [0.717, 1.165) is 16.7 Å². The van der Waals surface area contributed by atoms with Crippen LogP contribution in [0.2, 0.25) is 0 Å². The highest BCUT2D eigenvalue weighted by molar-refractivity contribution is 9.12. The summed E-state index contributed by atoms with van der Waals surface area (Å²) in [6, 6.07) is 17.5. The average molecular weight is 723 g/mol. The number of hydrogen-bond acceptors (Lipinski definition) is 8. The summed E-state index contributed by atoms with van der Waals surface area (Å²) in [6.45, 7) is 0. The molecule has 1 heterocycles. The molecule has 49 heavy (non-hydrogen) atoms. The van der Waals surface area contributed by atoms with E-state index in [1.165, 1.54) is 24.2 Å². The van der Waals surface area contributed by atoms with Crippen LogP contribution in [0.1, 0.15) is 35.4 Å². The number of aromatic hydroxyl groups is 1. The summed E-state index contributed by atoms with van der Waals surface area (Å²) < 4.78 is 16.3. The number of halogens is 1. The molecule has 3 aliphatic carbocycles. The molecule has 0 bridgehead atoms. The third-order valence-electron chi connectivity index (χ3n) is 9.91. The van der Waals surface area contributed by atoms with Crippen molar-refractivity contribution < 1.29 is 38.5 Å². The Morgan fingerprint density at radius 1 is 0.837 bits per heavy atom. The minimum Gasteiger partial charge on any atom is -0.504 e. The van der Waals surface area contributed by atoms with Gasteiger partial charge in [-0.2, -0.15) is 0 Å². The number of ketones is 2. The van der Waals surface area contributed by atoms with Crippen LogP contribution in [0.3, 0.4) is 0 Å². The number of methoxy groups -OCH3 is 3. The zero-order valence-corrected chi connectivity index (χ0v) is 28.5. The number of carbonyl (C=O) groups is 4. The molecule has 3 aromatic rings. The van der Waals surface area contributed by atoms with Crippen LogP contribution < -0.4 is 19.1 Å². The maximum Gasteiger partial charge on any atom is 0.238 e. The zero-order chi connectivity index (χ0) is 34.6. The van der Waals surface area contributed by atoms with Crippen LogP contribution in [-0.2, 0) is 19.2 Å². The fourth-order valence-electron chi connectivity index (χ4n) is 7.60. The molecule has 0 spiro atoms. The normalized spacial score (nSPS) is 23.2. The maximum absolute atomic E-state index is 14.3. The third kappa shape index (κ3) is 5.40. The van der Waals surface area contributed by atoms with E-state index in [1.807, 2.05) is 48.6 Å². The predicted molar refractivity (Wildman–Crippen MR) is 187 cm³/mol. The maximum atomic E-state index is 14.3. The second-order valence-corrected chi connectivity index (χ2v) is 13.2. The highest BCUT2D eigenvalue weighted by atomic mass is 79.9. The number of carbonyl (C=O) groups excluding carboxylic acids is 4. The lowest BCUT2D eigenvalue weighted by atomic mass is 9.59. The number of rotatable bonds is 7. The van der Waals surface area contributed by atoms with Crippen molar-refractivity contribution in [1.82, 2.24) is 0 Å². The second-order valence-electron chi connectivity index (χ2n) is 12.4. The van der Waals surface area contributed by atoms with E-state index >= 15 is 0 Å². The van der Waals surface area contributed by atoms with Gasteiger partial charge in [-0.25, -0.2) is 0 Å². The Bertz CT molecular complexity index is 2060. The molecule has 1 saturated heterocycles. The summed E-state index contributed by atoms with van der Waals surface area (Å²) in [5.41, 5.74) is 4.30. The van der Waals surface area contributed by atoms with Gasteiger partial charge in [0.1, 0.15) is 11.5 Å². The Morgan fingerprint density at radius 3 is 2.31 bits per heavy atom. The first-order chi connectivity index (χ1) is 23.6. The molecule has 1 N–H and O–H groups in total. The van der Waals surface area contributed by atoms with Crippen molar-refractivity contribution in [2.24, 2.45) is 17.8 Å². The third-order valence-corrected chi connectivity index (χ3v) is 10.5. The highest BCUT2D eigenvalue weighted by Gasteiger charge is 2.56. The summed E-state index contributed by atoms with van der Waals surface area (Å²) in [6.07, 6.45) is 7.53. The van der Waals surface area contributed by atoms with Crippen molar-refractivity contribution in [2.45, 2.75) is 18.8 Å². The molecule has 1 aliphatic heterocycles. The van der Waals surface area contributed by atoms with E-state index in [4.69, 9.17) is 14.2 Å². The molecule has 0 unspecified atom stereocenters. The lowest BCUT2D eigenvalue weighted by Crippen LogP contribution is -2.39. The number of nitrogens with zero attached hydrogens (tertiary/aromatic N) is 1. The number of imide groups is 1. The number of anilines is 1. The molecule has 248 valence electrons. The highest BCUT2D eigenvalue weighted by Crippen LogP contribution is 2.56. The first-order valence-electron chi connectivity index (χ1n) is 15.8. The van der Waals surface area contributed by atoms with Gasteiger partial charge in [0.05, 0.1) is 43.3 Å². The molecule has 0 aromatic heterocycles. The number of allylic oxidation sites excluding steroid dienone is 6. The van der Waals surface area contributed by atoms with Gasteiger partial charge in [0, 0.05) is 28.7 Å². The van der Waals surface area contributed by atoms with Crippen LogP contribution in [0.5, 0.6) is 23.0 Å². The van der Waals surface area contributed by atoms with Gasteiger partial charge in [0.15, 0.2) is 23.1 Å². The van der Waals surface area contributed by atoms with Gasteiger partial charge >= 0.3 is 0 Å². The summed E-state index contributed by atoms with van der Waals surface area (Å²) in [4.78, 5) is 56.5. The summed E-state index contributed by atoms with van der Waals surface area (Å²) in [7, 11) is 4.64. The molecule has 7 rings (SSSR count). The minimum atomic E-state index is -0.712. The van der Waals surface area contributed by atoms with Crippen LogP contribution in [0.4, 0.5) is 5.69 Å². The number of amides is 2. The molecule has 4 aliphatic rings. The number of fused-ring (bicyclic) bond motifs is 3. The Labute approximate surface area is 291 Å². The molecule has 3 aromatic carbocycles. The van der Waals surface area contributed by atoms with Gasteiger partial charge in [-0.1, -0.05) is 42.0 Å². The number of Topliss-reactive ketones (excluding diaryl/α,β-unsaturated/α-hetero) is 1. The molecule has 4 atom stereocenters. The van der Waals surface area contributed by atoms with Crippen molar-refractivity contribution in [3.05, 3.63) is 111 Å². The van der Waals surface area contributed by atoms with Gasteiger partial charge in [-0.15, -0.1) is 0 Å². The molecule has 10 heteroatoms. The standard InChI is InChI=1S/C39H32BrNO8/c1-47-24-11-15-32(48-2)21(16-24)7-4-20-5-9-23(10-6-20)41-38(45)26-13-12-25-27(35(26)39(41)46)18-28-36(31(43)19-29(40)37(28)44)34(25)22-8-14-30(42)33(17-22)49-3/h4-12,14-17,19,26-27,34-35,42H,13,18H2,1-3H3/t26-,27+,34-,35-/m0/s1. The van der Waals surface area contributed by atoms with Crippen LogP contribution >= 0.6 is 15.9 Å². The molecule has 0 radical (unpaired) electrons. The SMILES string of the molecule is COc1ccc(OC)c(C=Cc2ccc(N3C(=O)[C@H]4[C@H](CC=C5[C@H](c6ccc(O)c(OC)c6)C6=C(C[C@H]54)C(=O)C(Br)=CC6=O)C3=O)cc2)c1. The van der Waals surface area contributed by atoms with Crippen molar-refractivity contribution >= 4 is 57.2 Å². The Balaban J connectivity index is 1.21. The Kier molecular flexibility index (Phi) is 8.36. The smallest absolute Gasteiger partial charge is 0.238 e. The van der Waals surface area contributed by atoms with E-state index < -0.39 is 23.7 Å². The van der Waals surface area contributed by atoms with E-state index in [2.05, 4.69) is 15.9 Å². The van der Waals surface area contributed by atoms with E-state index in [-0.39, 0.29) is 45.8 Å². The fraction of sp³-hybridized carbons (Fsp3) is 0.231. The first kappa shape index (κ1) is 32.3. The minimum absolute atomic E-state index is 0.0621. The van der Waals surface area contributed by atoms with Crippen LogP contribution in [0, 0.1) is 17.8 Å². The lowest BCUT2D eigenvalue weighted by molar-refractivity contribution is -0.123. The summed E-state index contributed by atoms with van der Waals surface area (Å²) in [5, 5.41) is 10.3. The molecular formula is C39H32BrNO8. The van der Waals surface area contributed by atoms with E-state index in [1.54, 1.807) is 38.5 Å². The first-order valence-corrected chi connectivity index (χ1v) is 16.6. The van der Waals surface area contributed by atoms with Gasteiger partial charge in [-0.05, 0) is 88.3 Å². The molecular weight excluding hydrogens is 690 g/mol. The molecule has 1 fully saturated rings. The number of benzene rings is 3. The predicted octanol–water partition coefficient (Wildman–Crippen LogP) is 6.56. The number of phenols is 1. The van der Waals surface area contributed by atoms with Crippen LogP contribution in [0.15, 0.2) is 94.0 Å². The zero-order valence-electron chi connectivity index (χ0n) is 26.9. The Hall–Kier alpha value is -5.22. The van der Waals surface area contributed by atoms with Gasteiger partial charge in [-0.3, -0.25) is 24.1 Å². The molecule has 9 nitrogen and oxygen atoms in total. The van der Waals surface area contributed by atoms with E-state index in [9.17, 15) is 24.3 Å². The number of hydrogen-bond donors (Lipinski definition) is 1. The van der Waals surface area contributed by atoms with Gasteiger partial charge in [0.2, 0.25) is 11.8 Å². The number of ether oxygens (including phenoxy) is 3. The molecule has 2 amide bonds. The second kappa shape index (κ2) is 12.7. The number of phenolic OH excluding ortho intramolecular Hbond substituents is 1. The quantitative estimate of drug-likeness (QED) is 0.126. The van der Waals surface area contributed by atoms with Crippen LogP contribution in [0.25, 0.3) is 12.2 Å². The van der Waals surface area contributed by atoms with Crippen molar-refractivity contribution in [3.8, 4) is 23.0 Å². The fourth-order valence-corrected chi connectivity index (χ4v) is 8.05.